The standard InChI is InChI=1S/C7H12N4O2S/c1-14(12,13)3-2-9-7-4-6(8)10-5-11-7/h4-5H,2-3H2,1H3,(H3,8,9,10,11). The Kier molecular flexibility index (Phi) is 3.23. The van der Waals surface area contributed by atoms with E-state index in [4.69, 9.17) is 5.73 Å². The Labute approximate surface area is 82.5 Å². The van der Waals surface area contributed by atoms with Crippen LogP contribution in [0.5, 0.6) is 0 Å². The van der Waals surface area contributed by atoms with Gasteiger partial charge in [0.05, 0.1) is 5.75 Å². The van der Waals surface area contributed by atoms with Crippen LogP contribution in [0.4, 0.5) is 11.6 Å². The fraction of sp³-hybridized carbons (Fsp3) is 0.429. The summed E-state index contributed by atoms with van der Waals surface area (Å²) in [6, 6.07) is 1.54. The van der Waals surface area contributed by atoms with Crippen LogP contribution in [0.15, 0.2) is 12.4 Å². The minimum atomic E-state index is -2.94. The van der Waals surface area contributed by atoms with Gasteiger partial charge in [-0.1, -0.05) is 0 Å². The van der Waals surface area contributed by atoms with Crippen molar-refractivity contribution in [3.8, 4) is 0 Å². The zero-order valence-electron chi connectivity index (χ0n) is 7.77. The van der Waals surface area contributed by atoms with Gasteiger partial charge in [-0.25, -0.2) is 18.4 Å². The highest BCUT2D eigenvalue weighted by Crippen LogP contribution is 2.03. The van der Waals surface area contributed by atoms with Crippen molar-refractivity contribution >= 4 is 21.5 Å². The fourth-order valence-electron chi connectivity index (χ4n) is 0.834. The molecule has 0 fully saturated rings. The van der Waals surface area contributed by atoms with Crippen LogP contribution in [0.25, 0.3) is 0 Å². The summed E-state index contributed by atoms with van der Waals surface area (Å²) in [6.45, 7) is 0.315. The first-order valence-electron chi connectivity index (χ1n) is 3.96. The number of nitrogen functional groups attached to an aromatic ring is 1. The van der Waals surface area contributed by atoms with E-state index in [2.05, 4.69) is 15.3 Å². The van der Waals surface area contributed by atoms with E-state index in [1.807, 2.05) is 0 Å². The van der Waals surface area contributed by atoms with E-state index in [0.717, 1.165) is 0 Å². The van der Waals surface area contributed by atoms with E-state index in [0.29, 0.717) is 18.2 Å². The van der Waals surface area contributed by atoms with Crippen molar-refractivity contribution in [2.45, 2.75) is 0 Å². The molecule has 0 aromatic carbocycles. The molecular formula is C7H12N4O2S. The first-order chi connectivity index (χ1) is 6.47. The molecule has 0 aliphatic rings. The third-order valence-electron chi connectivity index (χ3n) is 1.47. The van der Waals surface area contributed by atoms with Crippen LogP contribution in [0.3, 0.4) is 0 Å². The van der Waals surface area contributed by atoms with Crippen molar-refractivity contribution in [2.75, 3.05) is 29.6 Å². The summed E-state index contributed by atoms with van der Waals surface area (Å²) in [4.78, 5) is 7.57. The molecule has 0 saturated heterocycles. The quantitative estimate of drug-likeness (QED) is 0.705. The number of sulfone groups is 1. The van der Waals surface area contributed by atoms with Crippen LogP contribution >= 0.6 is 0 Å². The molecular weight excluding hydrogens is 204 g/mol. The molecule has 78 valence electrons. The number of hydrogen-bond acceptors (Lipinski definition) is 6. The number of anilines is 2. The van der Waals surface area contributed by atoms with Gasteiger partial charge in [0.2, 0.25) is 0 Å². The average molecular weight is 216 g/mol. The lowest BCUT2D eigenvalue weighted by molar-refractivity contribution is 0.602. The minimum Gasteiger partial charge on any atom is -0.384 e. The number of nitrogens with zero attached hydrogens (tertiary/aromatic N) is 2. The molecule has 6 nitrogen and oxygen atoms in total. The maximum atomic E-state index is 10.8. The lowest BCUT2D eigenvalue weighted by atomic mass is 10.5. The number of rotatable bonds is 4. The molecule has 0 aliphatic carbocycles. The van der Waals surface area contributed by atoms with Gasteiger partial charge in [-0.15, -0.1) is 0 Å². The minimum absolute atomic E-state index is 0.0664. The molecule has 0 bridgehead atoms. The Hall–Kier alpha value is -1.37. The van der Waals surface area contributed by atoms with Gasteiger partial charge in [0, 0.05) is 18.9 Å². The summed E-state index contributed by atoms with van der Waals surface area (Å²) in [5.41, 5.74) is 5.41. The fourth-order valence-corrected chi connectivity index (χ4v) is 1.31. The summed E-state index contributed by atoms with van der Waals surface area (Å²) in [7, 11) is -2.94. The normalized spacial score (nSPS) is 11.2. The van der Waals surface area contributed by atoms with Crippen LogP contribution in [0, 0.1) is 0 Å². The Morgan fingerprint density at radius 1 is 1.50 bits per heavy atom. The molecule has 0 aliphatic heterocycles. The summed E-state index contributed by atoms with van der Waals surface area (Å²) >= 11 is 0. The molecule has 1 rings (SSSR count). The van der Waals surface area contributed by atoms with Gasteiger partial charge in [-0.3, -0.25) is 0 Å². The van der Waals surface area contributed by atoms with Gasteiger partial charge >= 0.3 is 0 Å². The molecule has 0 radical (unpaired) electrons. The SMILES string of the molecule is CS(=O)(=O)CCNc1cc(N)ncn1. The predicted octanol–water partition coefficient (Wildman–Crippen LogP) is -0.485. The molecule has 7 heteroatoms. The van der Waals surface area contributed by atoms with E-state index in [1.165, 1.54) is 12.6 Å². The van der Waals surface area contributed by atoms with Crippen molar-refractivity contribution in [1.29, 1.82) is 0 Å². The molecule has 0 amide bonds. The van der Waals surface area contributed by atoms with Gasteiger partial charge in [0.15, 0.2) is 0 Å². The molecule has 3 N–H and O–H groups in total. The number of aromatic nitrogens is 2. The van der Waals surface area contributed by atoms with Crippen molar-refractivity contribution in [3.63, 3.8) is 0 Å². The monoisotopic (exact) mass is 216 g/mol. The zero-order valence-corrected chi connectivity index (χ0v) is 8.58. The van der Waals surface area contributed by atoms with Crippen LogP contribution in [0.1, 0.15) is 0 Å². The molecule has 0 spiro atoms. The van der Waals surface area contributed by atoms with Crippen molar-refractivity contribution < 1.29 is 8.42 Å². The zero-order chi connectivity index (χ0) is 10.6. The highest BCUT2D eigenvalue weighted by molar-refractivity contribution is 7.90. The number of hydrogen-bond donors (Lipinski definition) is 2. The lowest BCUT2D eigenvalue weighted by Gasteiger charge is -2.03. The number of nitrogens with two attached hydrogens (primary N) is 1. The highest BCUT2D eigenvalue weighted by Gasteiger charge is 2.01. The molecule has 14 heavy (non-hydrogen) atoms. The molecule has 0 atom stereocenters. The second-order valence-electron chi connectivity index (χ2n) is 2.88. The summed E-state index contributed by atoms with van der Waals surface area (Å²) in [5, 5.41) is 2.83. The van der Waals surface area contributed by atoms with E-state index >= 15 is 0 Å². The molecule has 0 unspecified atom stereocenters. The predicted molar refractivity (Wildman–Crippen MR) is 54.6 cm³/mol. The van der Waals surface area contributed by atoms with Crippen molar-refractivity contribution in [3.05, 3.63) is 12.4 Å². The van der Waals surface area contributed by atoms with E-state index in [-0.39, 0.29) is 5.75 Å². The average Bonchev–Trinajstić information content (AvgIpc) is 2.01. The summed E-state index contributed by atoms with van der Waals surface area (Å²) in [5.74, 6) is 0.944. The van der Waals surface area contributed by atoms with Crippen LogP contribution < -0.4 is 11.1 Å². The Balaban J connectivity index is 2.47. The highest BCUT2D eigenvalue weighted by atomic mass is 32.2. The Bertz CT molecular complexity index is 404. The van der Waals surface area contributed by atoms with Crippen molar-refractivity contribution in [1.82, 2.24) is 9.97 Å². The third kappa shape index (κ3) is 4.04. The van der Waals surface area contributed by atoms with Crippen molar-refractivity contribution in [2.24, 2.45) is 0 Å². The van der Waals surface area contributed by atoms with Crippen LogP contribution in [-0.4, -0.2) is 36.9 Å². The van der Waals surface area contributed by atoms with Gasteiger partial charge in [0.1, 0.15) is 27.8 Å². The van der Waals surface area contributed by atoms with Gasteiger partial charge in [-0.05, 0) is 0 Å². The molecule has 1 aromatic rings. The van der Waals surface area contributed by atoms with Gasteiger partial charge in [0.25, 0.3) is 0 Å². The molecule has 1 aromatic heterocycles. The van der Waals surface area contributed by atoms with Gasteiger partial charge in [-0.2, -0.15) is 0 Å². The van der Waals surface area contributed by atoms with E-state index < -0.39 is 9.84 Å². The second-order valence-corrected chi connectivity index (χ2v) is 5.14. The maximum Gasteiger partial charge on any atom is 0.149 e. The Morgan fingerprint density at radius 2 is 2.21 bits per heavy atom. The van der Waals surface area contributed by atoms with Crippen LogP contribution in [-0.2, 0) is 9.84 Å². The van der Waals surface area contributed by atoms with Crippen LogP contribution in [0.2, 0.25) is 0 Å². The largest absolute Gasteiger partial charge is 0.384 e. The first-order valence-corrected chi connectivity index (χ1v) is 6.02. The Morgan fingerprint density at radius 3 is 2.79 bits per heavy atom. The molecule has 1 heterocycles. The second kappa shape index (κ2) is 4.23. The maximum absolute atomic E-state index is 10.8. The first kappa shape index (κ1) is 10.7. The van der Waals surface area contributed by atoms with E-state index in [9.17, 15) is 8.42 Å². The summed E-state index contributed by atoms with van der Waals surface area (Å²) < 4.78 is 21.6. The lowest BCUT2D eigenvalue weighted by Crippen LogP contribution is -2.14. The number of nitrogens with one attached hydrogen (secondary N) is 1. The smallest absolute Gasteiger partial charge is 0.149 e. The molecule has 0 saturated carbocycles. The third-order valence-corrected chi connectivity index (χ3v) is 2.41. The summed E-state index contributed by atoms with van der Waals surface area (Å²) in [6.07, 6.45) is 2.50. The van der Waals surface area contributed by atoms with Gasteiger partial charge < -0.3 is 11.1 Å². The topological polar surface area (TPSA) is 98.0 Å². The van der Waals surface area contributed by atoms with E-state index in [1.54, 1.807) is 6.07 Å².